The summed E-state index contributed by atoms with van der Waals surface area (Å²) in [5.41, 5.74) is 1.09. The molecule has 4 rings (SSSR count). The summed E-state index contributed by atoms with van der Waals surface area (Å²) in [5.74, 6) is -0.365. The average Bonchev–Trinajstić information content (AvgIpc) is 3.17. The molecule has 3 aromatic carbocycles. The van der Waals surface area contributed by atoms with Gasteiger partial charge in [0.05, 0.1) is 39.0 Å². The van der Waals surface area contributed by atoms with Crippen LogP contribution in [0.15, 0.2) is 72.3 Å². The summed E-state index contributed by atoms with van der Waals surface area (Å²) in [5, 5.41) is 11.6. The maximum Gasteiger partial charge on any atom is 0.300 e. The lowest BCUT2D eigenvalue weighted by molar-refractivity contribution is -0.132. The number of hydrogen-bond donors (Lipinski definition) is 1. The van der Waals surface area contributed by atoms with Crippen molar-refractivity contribution in [2.24, 2.45) is 0 Å². The summed E-state index contributed by atoms with van der Waals surface area (Å²) in [6, 6.07) is 18.0. The van der Waals surface area contributed by atoms with Crippen LogP contribution in [0.1, 0.15) is 31.0 Å². The van der Waals surface area contributed by atoms with Crippen LogP contribution in [0.4, 0.5) is 5.69 Å². The summed E-state index contributed by atoms with van der Waals surface area (Å²) < 4.78 is 22.1. The van der Waals surface area contributed by atoms with E-state index in [4.69, 9.17) is 18.9 Å². The third-order valence-electron chi connectivity index (χ3n) is 5.99. The molecular weight excluding hydrogens is 474 g/mol. The van der Waals surface area contributed by atoms with Gasteiger partial charge in [-0.1, -0.05) is 24.3 Å². The molecule has 3 aromatic rings. The van der Waals surface area contributed by atoms with Gasteiger partial charge in [-0.05, 0) is 55.8 Å². The third kappa shape index (κ3) is 4.82. The number of rotatable bonds is 8. The van der Waals surface area contributed by atoms with E-state index in [0.29, 0.717) is 34.2 Å². The zero-order valence-electron chi connectivity index (χ0n) is 21.3. The van der Waals surface area contributed by atoms with Crippen LogP contribution in [0.3, 0.4) is 0 Å². The smallest absolute Gasteiger partial charge is 0.300 e. The molecule has 0 saturated carbocycles. The molecule has 1 heterocycles. The first-order valence-corrected chi connectivity index (χ1v) is 11.7. The van der Waals surface area contributed by atoms with Gasteiger partial charge in [0.25, 0.3) is 11.7 Å². The Morgan fingerprint density at radius 2 is 1.46 bits per heavy atom. The molecule has 1 N–H and O–H groups in total. The Morgan fingerprint density at radius 1 is 0.838 bits per heavy atom. The molecule has 0 spiro atoms. The van der Waals surface area contributed by atoms with E-state index in [1.807, 2.05) is 13.8 Å². The SMILES string of the molecule is COc1cccc(N2C(=O)C(=O)/C(=C(/O)c3c(OC)cccc3OC)C2c2cccc(OC(C)C)c2)c1. The highest BCUT2D eigenvalue weighted by Gasteiger charge is 2.47. The van der Waals surface area contributed by atoms with Crippen molar-refractivity contribution in [2.45, 2.75) is 26.0 Å². The van der Waals surface area contributed by atoms with Crippen molar-refractivity contribution in [1.82, 2.24) is 0 Å². The summed E-state index contributed by atoms with van der Waals surface area (Å²) in [7, 11) is 4.42. The fourth-order valence-corrected chi connectivity index (χ4v) is 4.42. The lowest BCUT2D eigenvalue weighted by Crippen LogP contribution is -2.29. The standard InChI is InChI=1S/C29H29NO7/c1-17(2)37-21-12-6-9-18(15-21)26-25(27(31)24-22(35-4)13-8-14-23(24)36-5)28(32)29(33)30(26)19-10-7-11-20(16-19)34-3/h6-17,26,31H,1-5H3/b27-25+. The second-order valence-electron chi connectivity index (χ2n) is 8.65. The van der Waals surface area contributed by atoms with Gasteiger partial charge in [-0.2, -0.15) is 0 Å². The van der Waals surface area contributed by atoms with Crippen LogP contribution in [0.2, 0.25) is 0 Å². The van der Waals surface area contributed by atoms with Crippen LogP contribution in [-0.4, -0.2) is 44.2 Å². The largest absolute Gasteiger partial charge is 0.506 e. The Labute approximate surface area is 215 Å². The molecule has 1 aliphatic rings. The number of ketones is 1. The number of hydrogen-bond acceptors (Lipinski definition) is 7. The monoisotopic (exact) mass is 503 g/mol. The van der Waals surface area contributed by atoms with Gasteiger partial charge in [0.2, 0.25) is 0 Å². The Balaban J connectivity index is 2.00. The van der Waals surface area contributed by atoms with Crippen molar-refractivity contribution in [3.05, 3.63) is 83.4 Å². The average molecular weight is 504 g/mol. The van der Waals surface area contributed by atoms with Crippen LogP contribution in [0.25, 0.3) is 5.76 Å². The maximum atomic E-state index is 13.6. The molecular formula is C29H29NO7. The number of carbonyl (C=O) groups excluding carboxylic acids is 2. The predicted octanol–water partition coefficient (Wildman–Crippen LogP) is 5.13. The number of nitrogens with zero attached hydrogens (tertiary/aromatic N) is 1. The Bertz CT molecular complexity index is 1340. The molecule has 1 saturated heterocycles. The van der Waals surface area contributed by atoms with E-state index in [1.165, 1.54) is 26.2 Å². The zero-order chi connectivity index (χ0) is 26.7. The fraction of sp³-hybridized carbons (Fsp3) is 0.241. The fourth-order valence-electron chi connectivity index (χ4n) is 4.42. The highest BCUT2D eigenvalue weighted by molar-refractivity contribution is 6.51. The summed E-state index contributed by atoms with van der Waals surface area (Å²) in [6.45, 7) is 3.81. The van der Waals surface area contributed by atoms with Gasteiger partial charge in [0.15, 0.2) is 0 Å². The Kier molecular flexibility index (Phi) is 7.38. The highest BCUT2D eigenvalue weighted by atomic mass is 16.5. The van der Waals surface area contributed by atoms with Crippen molar-refractivity contribution in [3.8, 4) is 23.0 Å². The summed E-state index contributed by atoms with van der Waals surface area (Å²) >= 11 is 0. The van der Waals surface area contributed by atoms with Gasteiger partial charge < -0.3 is 24.1 Å². The highest BCUT2D eigenvalue weighted by Crippen LogP contribution is 2.46. The number of aliphatic hydroxyl groups is 1. The second kappa shape index (κ2) is 10.7. The van der Waals surface area contributed by atoms with Crippen molar-refractivity contribution in [2.75, 3.05) is 26.2 Å². The van der Waals surface area contributed by atoms with Crippen LogP contribution in [0, 0.1) is 0 Å². The molecule has 0 bridgehead atoms. The van der Waals surface area contributed by atoms with Gasteiger partial charge >= 0.3 is 0 Å². The minimum Gasteiger partial charge on any atom is -0.506 e. The van der Waals surface area contributed by atoms with Crippen LogP contribution < -0.4 is 23.8 Å². The maximum absolute atomic E-state index is 13.6. The molecule has 1 unspecified atom stereocenters. The zero-order valence-corrected chi connectivity index (χ0v) is 21.3. The number of methoxy groups -OCH3 is 3. The Morgan fingerprint density at radius 3 is 2.08 bits per heavy atom. The van der Waals surface area contributed by atoms with E-state index >= 15 is 0 Å². The van der Waals surface area contributed by atoms with Gasteiger partial charge in [0.1, 0.15) is 34.3 Å². The van der Waals surface area contributed by atoms with E-state index in [9.17, 15) is 14.7 Å². The Hall–Kier alpha value is -4.46. The van der Waals surface area contributed by atoms with E-state index in [1.54, 1.807) is 66.7 Å². The molecule has 1 fully saturated rings. The van der Waals surface area contributed by atoms with Crippen molar-refractivity contribution in [3.63, 3.8) is 0 Å². The number of carbonyl (C=O) groups is 2. The number of aliphatic hydroxyl groups excluding tert-OH is 1. The molecule has 8 heteroatoms. The molecule has 192 valence electrons. The number of ether oxygens (including phenoxy) is 4. The number of anilines is 1. The first-order valence-electron chi connectivity index (χ1n) is 11.7. The van der Waals surface area contributed by atoms with E-state index in [2.05, 4.69) is 0 Å². The topological polar surface area (TPSA) is 94.5 Å². The van der Waals surface area contributed by atoms with Crippen molar-refractivity contribution < 1.29 is 33.6 Å². The number of amides is 1. The summed E-state index contributed by atoms with van der Waals surface area (Å²) in [4.78, 5) is 28.4. The number of benzene rings is 3. The van der Waals surface area contributed by atoms with Gasteiger partial charge in [-0.15, -0.1) is 0 Å². The molecule has 1 amide bonds. The van der Waals surface area contributed by atoms with Crippen LogP contribution in [-0.2, 0) is 9.59 Å². The first-order chi connectivity index (χ1) is 17.8. The van der Waals surface area contributed by atoms with Crippen LogP contribution in [0.5, 0.6) is 23.0 Å². The summed E-state index contributed by atoms with van der Waals surface area (Å²) in [6.07, 6.45) is -0.0853. The molecule has 0 radical (unpaired) electrons. The lowest BCUT2D eigenvalue weighted by atomic mass is 9.94. The van der Waals surface area contributed by atoms with E-state index in [-0.39, 0.29) is 17.2 Å². The molecule has 1 aliphatic heterocycles. The molecule has 0 aliphatic carbocycles. The van der Waals surface area contributed by atoms with Crippen molar-refractivity contribution >= 4 is 23.1 Å². The van der Waals surface area contributed by atoms with E-state index in [0.717, 1.165) is 0 Å². The molecule has 1 atom stereocenters. The molecule has 8 nitrogen and oxygen atoms in total. The minimum atomic E-state index is -0.961. The van der Waals surface area contributed by atoms with Crippen molar-refractivity contribution in [1.29, 1.82) is 0 Å². The number of Topliss-reactive ketones (excluding diaryl/α,β-unsaturated/α-hetero) is 1. The molecule has 0 aromatic heterocycles. The third-order valence-corrected chi connectivity index (χ3v) is 5.99. The van der Waals surface area contributed by atoms with Crippen LogP contribution >= 0.6 is 0 Å². The predicted molar refractivity (Wildman–Crippen MR) is 140 cm³/mol. The first kappa shape index (κ1) is 25.6. The normalized spacial score (nSPS) is 16.7. The lowest BCUT2D eigenvalue weighted by Gasteiger charge is -2.26. The molecule has 37 heavy (non-hydrogen) atoms. The van der Waals surface area contributed by atoms with E-state index < -0.39 is 23.5 Å². The quantitative estimate of drug-likeness (QED) is 0.259. The van der Waals surface area contributed by atoms with Gasteiger partial charge in [-0.25, -0.2) is 0 Å². The second-order valence-corrected chi connectivity index (χ2v) is 8.65. The van der Waals surface area contributed by atoms with Gasteiger partial charge in [-0.3, -0.25) is 14.5 Å². The minimum absolute atomic E-state index is 0.0853. The van der Waals surface area contributed by atoms with Gasteiger partial charge in [0, 0.05) is 11.8 Å².